The second-order valence-electron chi connectivity index (χ2n) is 8.60. The van der Waals surface area contributed by atoms with Crippen molar-refractivity contribution >= 4 is 23.3 Å². The Bertz CT molecular complexity index is 979. The molecule has 1 fully saturated rings. The van der Waals surface area contributed by atoms with Crippen LogP contribution in [-0.2, 0) is 25.5 Å². The van der Waals surface area contributed by atoms with E-state index in [0.717, 1.165) is 47.9 Å². The molecule has 212 valence electrons. The topological polar surface area (TPSA) is 97.6 Å². The number of esters is 1. The summed E-state index contributed by atoms with van der Waals surface area (Å²) in [4.78, 5) is 16.6. The van der Waals surface area contributed by atoms with Crippen LogP contribution in [-0.4, -0.2) is 54.9 Å². The molecule has 1 aliphatic heterocycles. The van der Waals surface area contributed by atoms with E-state index >= 15 is 0 Å². The summed E-state index contributed by atoms with van der Waals surface area (Å²) in [6.45, 7) is 8.13. The van der Waals surface area contributed by atoms with Gasteiger partial charge in [-0.05, 0) is 47.6 Å². The van der Waals surface area contributed by atoms with Crippen molar-refractivity contribution in [2.75, 3.05) is 20.8 Å². The fourth-order valence-corrected chi connectivity index (χ4v) is 4.36. The van der Waals surface area contributed by atoms with Crippen LogP contribution in [0.25, 0.3) is 0 Å². The lowest BCUT2D eigenvalue weighted by molar-refractivity contribution is -0.157. The number of carbonyl (C=O) groups is 1. The van der Waals surface area contributed by atoms with Crippen molar-refractivity contribution in [1.29, 1.82) is 0 Å². The lowest BCUT2D eigenvalue weighted by Gasteiger charge is -2.33. The van der Waals surface area contributed by atoms with E-state index in [1.807, 2.05) is 58.0 Å². The van der Waals surface area contributed by atoms with Crippen molar-refractivity contribution in [3.63, 3.8) is 0 Å². The standard InChI is InChI=1S/C27H34ClNO5.C2H6.CH4O/c1-4-6-27(31)33-17-23-15-22(30)16-26(34-23)20-11-12-24(28)21(14-20)13-18-7-9-19(10-8-18)25(5-2)29-32-3;2*1-2/h7-12,14,22-23,26,30H,4-6,13,15-17H2,1-3H3;1-2H3;2H,1H3/b29-25+;;. The summed E-state index contributed by atoms with van der Waals surface area (Å²) in [5.41, 5.74) is 5.00. The smallest absolute Gasteiger partial charge is 0.305 e. The molecule has 1 saturated heterocycles. The van der Waals surface area contributed by atoms with Crippen molar-refractivity contribution in [3.05, 3.63) is 69.7 Å². The first-order valence-electron chi connectivity index (χ1n) is 13.3. The highest BCUT2D eigenvalue weighted by Gasteiger charge is 2.30. The van der Waals surface area contributed by atoms with Gasteiger partial charge in [-0.2, -0.15) is 0 Å². The van der Waals surface area contributed by atoms with Crippen LogP contribution in [0, 0.1) is 0 Å². The molecule has 3 unspecified atom stereocenters. The van der Waals surface area contributed by atoms with Gasteiger partial charge in [0.25, 0.3) is 0 Å². The highest BCUT2D eigenvalue weighted by molar-refractivity contribution is 6.31. The van der Waals surface area contributed by atoms with E-state index in [1.54, 1.807) is 7.11 Å². The second kappa shape index (κ2) is 18.7. The van der Waals surface area contributed by atoms with Crippen molar-refractivity contribution in [2.24, 2.45) is 5.16 Å². The minimum Gasteiger partial charge on any atom is -0.463 e. The Morgan fingerprint density at radius 1 is 1.11 bits per heavy atom. The maximum Gasteiger partial charge on any atom is 0.305 e. The Hall–Kier alpha value is -2.45. The monoisotopic (exact) mass is 549 g/mol. The van der Waals surface area contributed by atoms with Gasteiger partial charge in [-0.3, -0.25) is 4.79 Å². The van der Waals surface area contributed by atoms with Crippen LogP contribution in [0.3, 0.4) is 0 Å². The Labute approximate surface area is 232 Å². The molecule has 7 nitrogen and oxygen atoms in total. The fraction of sp³-hybridized carbons (Fsp3) is 0.533. The van der Waals surface area contributed by atoms with Crippen LogP contribution >= 0.6 is 11.6 Å². The van der Waals surface area contributed by atoms with Crippen LogP contribution in [0.2, 0.25) is 5.02 Å². The normalized spacial score (nSPS) is 18.9. The average Bonchev–Trinajstić information content (AvgIpc) is 2.94. The number of hydrogen-bond acceptors (Lipinski definition) is 7. The molecule has 0 amide bonds. The summed E-state index contributed by atoms with van der Waals surface area (Å²) in [6.07, 6.45) is 2.41. The van der Waals surface area contributed by atoms with E-state index in [9.17, 15) is 9.90 Å². The molecular formula is C30H44ClNO6. The lowest BCUT2D eigenvalue weighted by Crippen LogP contribution is -2.35. The molecule has 8 heteroatoms. The van der Waals surface area contributed by atoms with E-state index in [4.69, 9.17) is 31.0 Å². The van der Waals surface area contributed by atoms with Crippen LogP contribution in [0.15, 0.2) is 47.6 Å². The predicted molar refractivity (Wildman–Crippen MR) is 153 cm³/mol. The molecule has 0 aromatic heterocycles. The highest BCUT2D eigenvalue weighted by atomic mass is 35.5. The summed E-state index contributed by atoms with van der Waals surface area (Å²) in [7, 11) is 2.55. The molecule has 0 spiro atoms. The fourth-order valence-electron chi connectivity index (χ4n) is 4.17. The largest absolute Gasteiger partial charge is 0.463 e. The van der Waals surface area contributed by atoms with Crippen molar-refractivity contribution in [2.45, 2.75) is 84.5 Å². The van der Waals surface area contributed by atoms with Crippen LogP contribution in [0.1, 0.15) is 88.2 Å². The number of ether oxygens (including phenoxy) is 2. The summed E-state index contributed by atoms with van der Waals surface area (Å²) in [5, 5.41) is 22.2. The first kappa shape index (κ1) is 33.6. The van der Waals surface area contributed by atoms with Crippen molar-refractivity contribution in [1.82, 2.24) is 0 Å². The molecule has 0 radical (unpaired) electrons. The average molecular weight is 550 g/mol. The SMILES string of the molecule is CC.CCCC(=O)OCC1CC(O)CC(c2ccc(Cl)c(Cc3ccc(/C(CC)=N/OC)cc3)c2)O1.CO. The zero-order valence-corrected chi connectivity index (χ0v) is 24.3. The van der Waals surface area contributed by atoms with E-state index in [-0.39, 0.29) is 24.8 Å². The third-order valence-corrected chi connectivity index (χ3v) is 6.29. The quantitative estimate of drug-likeness (QED) is 0.206. The van der Waals surface area contributed by atoms with Gasteiger partial charge < -0.3 is 24.5 Å². The number of halogens is 1. The van der Waals surface area contributed by atoms with E-state index < -0.39 is 6.10 Å². The van der Waals surface area contributed by atoms with Gasteiger partial charge in [0.2, 0.25) is 0 Å². The van der Waals surface area contributed by atoms with Crippen molar-refractivity contribution in [3.8, 4) is 0 Å². The van der Waals surface area contributed by atoms with Gasteiger partial charge in [-0.1, -0.05) is 80.8 Å². The molecular weight excluding hydrogens is 506 g/mol. The first-order chi connectivity index (χ1) is 18.4. The van der Waals surface area contributed by atoms with Gasteiger partial charge in [0.1, 0.15) is 13.7 Å². The number of hydrogen-bond donors (Lipinski definition) is 2. The molecule has 1 aliphatic rings. The molecule has 2 aromatic carbocycles. The van der Waals surface area contributed by atoms with Crippen molar-refractivity contribution < 1.29 is 29.3 Å². The summed E-state index contributed by atoms with van der Waals surface area (Å²) in [6, 6.07) is 14.1. The minimum absolute atomic E-state index is 0.158. The summed E-state index contributed by atoms with van der Waals surface area (Å²) < 4.78 is 11.5. The number of rotatable bonds is 10. The Balaban J connectivity index is 0.00000172. The number of aliphatic hydroxyl groups excluding tert-OH is 2. The van der Waals surface area contributed by atoms with Crippen LogP contribution in [0.4, 0.5) is 0 Å². The number of aliphatic hydroxyl groups is 2. The van der Waals surface area contributed by atoms with Gasteiger partial charge >= 0.3 is 5.97 Å². The third-order valence-electron chi connectivity index (χ3n) is 5.92. The van der Waals surface area contributed by atoms with E-state index in [1.165, 1.54) is 0 Å². The molecule has 2 aromatic rings. The molecule has 0 saturated carbocycles. The van der Waals surface area contributed by atoms with Gasteiger partial charge in [-0.15, -0.1) is 0 Å². The molecule has 2 N–H and O–H groups in total. The van der Waals surface area contributed by atoms with Gasteiger partial charge in [0.05, 0.1) is 24.0 Å². The van der Waals surface area contributed by atoms with Gasteiger partial charge in [-0.25, -0.2) is 0 Å². The zero-order valence-electron chi connectivity index (χ0n) is 23.6. The molecule has 3 rings (SSSR count). The molecule has 38 heavy (non-hydrogen) atoms. The number of benzene rings is 2. The van der Waals surface area contributed by atoms with Gasteiger partial charge in [0.15, 0.2) is 0 Å². The number of carbonyl (C=O) groups excluding carboxylic acids is 1. The molecule has 3 atom stereocenters. The zero-order chi connectivity index (χ0) is 28.5. The maximum atomic E-state index is 11.7. The number of nitrogens with zero attached hydrogens (tertiary/aromatic N) is 1. The summed E-state index contributed by atoms with van der Waals surface area (Å²) in [5.74, 6) is -0.234. The second-order valence-corrected chi connectivity index (χ2v) is 9.01. The molecule has 0 aliphatic carbocycles. The van der Waals surface area contributed by atoms with Crippen LogP contribution < -0.4 is 0 Å². The van der Waals surface area contributed by atoms with E-state index in [0.29, 0.717) is 30.7 Å². The molecule has 0 bridgehead atoms. The Morgan fingerprint density at radius 3 is 2.39 bits per heavy atom. The Kier molecular flexibility index (Phi) is 16.6. The maximum absolute atomic E-state index is 11.7. The third kappa shape index (κ3) is 10.7. The first-order valence-corrected chi connectivity index (χ1v) is 13.7. The Morgan fingerprint density at radius 2 is 1.79 bits per heavy atom. The number of oxime groups is 1. The predicted octanol–water partition coefficient (Wildman–Crippen LogP) is 6.25. The minimum atomic E-state index is -0.512. The molecule has 1 heterocycles. The van der Waals surface area contributed by atoms with Gasteiger partial charge in [0, 0.05) is 31.4 Å². The van der Waals surface area contributed by atoms with Crippen LogP contribution in [0.5, 0.6) is 0 Å². The lowest BCUT2D eigenvalue weighted by atomic mass is 9.93. The van der Waals surface area contributed by atoms with E-state index in [2.05, 4.69) is 17.3 Å². The highest BCUT2D eigenvalue weighted by Crippen LogP contribution is 2.34. The summed E-state index contributed by atoms with van der Waals surface area (Å²) >= 11 is 6.52.